The van der Waals surface area contributed by atoms with Crippen molar-refractivity contribution in [2.75, 3.05) is 11.5 Å². The lowest BCUT2D eigenvalue weighted by Crippen LogP contribution is -2.19. The van der Waals surface area contributed by atoms with Crippen molar-refractivity contribution >= 4 is 23.0 Å². The van der Waals surface area contributed by atoms with E-state index in [1.54, 1.807) is 18.7 Å². The number of para-hydroxylation sites is 1. The third kappa shape index (κ3) is 2.37. The lowest BCUT2D eigenvalue weighted by atomic mass is 10.3. The average molecular weight is 312 g/mol. The average Bonchev–Trinajstić information content (AvgIpc) is 2.97. The van der Waals surface area contributed by atoms with Gasteiger partial charge >= 0.3 is 0 Å². The molecule has 1 aromatic carbocycles. The molecule has 9 heteroatoms. The van der Waals surface area contributed by atoms with Crippen molar-refractivity contribution in [3.05, 3.63) is 46.4 Å². The van der Waals surface area contributed by atoms with E-state index in [-0.39, 0.29) is 28.6 Å². The van der Waals surface area contributed by atoms with E-state index < -0.39 is 0 Å². The number of aromatic nitrogens is 4. The second kappa shape index (κ2) is 5.44. The number of aromatic amines is 1. The first kappa shape index (κ1) is 14.6. The molecular weight excluding hydrogens is 296 g/mol. The number of hydrogen-bond acceptors (Lipinski definition) is 6. The lowest BCUT2D eigenvalue weighted by Gasteiger charge is -2.07. The van der Waals surface area contributed by atoms with E-state index >= 15 is 0 Å². The SMILES string of the molecule is Cc1c(/N=N/c2c(N)n[nH]c2N)c(=O)n(-c2ccccc2)n1C. The van der Waals surface area contributed by atoms with Crippen LogP contribution in [0.3, 0.4) is 0 Å². The van der Waals surface area contributed by atoms with Crippen molar-refractivity contribution in [2.45, 2.75) is 6.92 Å². The van der Waals surface area contributed by atoms with E-state index in [9.17, 15) is 4.79 Å². The van der Waals surface area contributed by atoms with Crippen molar-refractivity contribution in [1.29, 1.82) is 0 Å². The first-order valence-corrected chi connectivity index (χ1v) is 6.85. The molecule has 5 N–H and O–H groups in total. The summed E-state index contributed by atoms with van der Waals surface area (Å²) < 4.78 is 3.24. The number of nitrogens with one attached hydrogen (secondary N) is 1. The van der Waals surface area contributed by atoms with Crippen molar-refractivity contribution in [3.63, 3.8) is 0 Å². The Morgan fingerprint density at radius 2 is 1.78 bits per heavy atom. The van der Waals surface area contributed by atoms with Crippen LogP contribution in [0.1, 0.15) is 5.69 Å². The highest BCUT2D eigenvalue weighted by molar-refractivity contribution is 5.70. The van der Waals surface area contributed by atoms with Gasteiger partial charge in [0, 0.05) is 7.05 Å². The minimum atomic E-state index is -0.277. The molecule has 9 nitrogen and oxygen atoms in total. The summed E-state index contributed by atoms with van der Waals surface area (Å²) >= 11 is 0. The Hall–Kier alpha value is -3.36. The Bertz CT molecular complexity index is 912. The van der Waals surface area contributed by atoms with E-state index in [0.717, 1.165) is 5.69 Å². The van der Waals surface area contributed by atoms with Gasteiger partial charge in [-0.1, -0.05) is 18.2 Å². The lowest BCUT2D eigenvalue weighted by molar-refractivity contribution is 0.630. The molecular formula is C14H16N8O. The fraction of sp³-hybridized carbons (Fsp3) is 0.143. The minimum absolute atomic E-state index is 0.128. The number of rotatable bonds is 3. The van der Waals surface area contributed by atoms with Gasteiger partial charge in [-0.25, -0.2) is 4.68 Å². The van der Waals surface area contributed by atoms with Crippen LogP contribution in [0.25, 0.3) is 5.69 Å². The number of nitrogens with zero attached hydrogens (tertiary/aromatic N) is 5. The fourth-order valence-corrected chi connectivity index (χ4v) is 2.24. The fourth-order valence-electron chi connectivity index (χ4n) is 2.24. The summed E-state index contributed by atoms with van der Waals surface area (Å²) in [7, 11) is 1.78. The van der Waals surface area contributed by atoms with Crippen LogP contribution in [-0.2, 0) is 7.05 Å². The standard InChI is InChI=1S/C14H16N8O/c1-8-10(17-18-11-12(15)19-20-13(11)16)14(23)22(21(8)2)9-6-4-3-5-7-9/h3-7H,1-2H3,(H5,15,16,19,20)/b18-17+. The largest absolute Gasteiger partial charge is 0.382 e. The topological polar surface area (TPSA) is 132 Å². The van der Waals surface area contributed by atoms with Gasteiger partial charge in [0.05, 0.1) is 11.4 Å². The van der Waals surface area contributed by atoms with Gasteiger partial charge in [0.15, 0.2) is 17.2 Å². The molecule has 0 saturated heterocycles. The summed E-state index contributed by atoms with van der Waals surface area (Å²) in [5.41, 5.74) is 12.9. The number of hydrogen-bond donors (Lipinski definition) is 3. The molecule has 0 bridgehead atoms. The third-order valence-electron chi connectivity index (χ3n) is 3.57. The summed E-state index contributed by atoms with van der Waals surface area (Å²) in [6.45, 7) is 1.79. The maximum atomic E-state index is 12.6. The zero-order chi connectivity index (χ0) is 16.6. The van der Waals surface area contributed by atoms with E-state index in [4.69, 9.17) is 11.5 Å². The molecule has 0 aliphatic carbocycles. The van der Waals surface area contributed by atoms with Crippen molar-refractivity contribution in [3.8, 4) is 5.69 Å². The summed E-state index contributed by atoms with van der Waals surface area (Å²) in [6.07, 6.45) is 0. The highest BCUT2D eigenvalue weighted by atomic mass is 16.1. The van der Waals surface area contributed by atoms with Crippen LogP contribution in [0, 0.1) is 6.92 Å². The van der Waals surface area contributed by atoms with Gasteiger partial charge < -0.3 is 11.5 Å². The Balaban J connectivity index is 2.10. The molecule has 0 saturated carbocycles. The molecule has 118 valence electrons. The monoisotopic (exact) mass is 312 g/mol. The molecule has 2 aromatic heterocycles. The molecule has 0 aliphatic rings. The molecule has 2 heterocycles. The Morgan fingerprint density at radius 1 is 1.13 bits per heavy atom. The highest BCUT2D eigenvalue weighted by Gasteiger charge is 2.16. The second-order valence-corrected chi connectivity index (χ2v) is 4.98. The predicted molar refractivity (Wildman–Crippen MR) is 87.3 cm³/mol. The first-order chi connectivity index (χ1) is 11.0. The molecule has 0 unspecified atom stereocenters. The molecule has 0 fully saturated rings. The predicted octanol–water partition coefficient (Wildman–Crippen LogP) is 1.79. The van der Waals surface area contributed by atoms with Crippen molar-refractivity contribution in [1.82, 2.24) is 19.6 Å². The van der Waals surface area contributed by atoms with E-state index in [2.05, 4.69) is 20.4 Å². The highest BCUT2D eigenvalue weighted by Crippen LogP contribution is 2.28. The Labute approximate surface area is 131 Å². The number of anilines is 2. The number of H-pyrrole nitrogens is 1. The van der Waals surface area contributed by atoms with Gasteiger partial charge in [-0.15, -0.1) is 10.2 Å². The number of nitrogens with two attached hydrogens (primary N) is 2. The molecule has 0 aliphatic heterocycles. The van der Waals surface area contributed by atoms with E-state index in [1.807, 2.05) is 30.3 Å². The molecule has 0 radical (unpaired) electrons. The quantitative estimate of drug-likeness (QED) is 0.636. The molecule has 3 rings (SSSR count). The van der Waals surface area contributed by atoms with Crippen LogP contribution >= 0.6 is 0 Å². The number of benzene rings is 1. The van der Waals surface area contributed by atoms with Crippen LogP contribution in [-0.4, -0.2) is 19.6 Å². The molecule has 0 spiro atoms. The Kier molecular flexibility index (Phi) is 3.45. The molecule has 3 aromatic rings. The van der Waals surface area contributed by atoms with Crippen LogP contribution in [0.2, 0.25) is 0 Å². The Morgan fingerprint density at radius 3 is 2.39 bits per heavy atom. The van der Waals surface area contributed by atoms with Gasteiger partial charge in [-0.2, -0.15) is 5.10 Å². The van der Waals surface area contributed by atoms with Crippen LogP contribution < -0.4 is 17.0 Å². The summed E-state index contributed by atoms with van der Waals surface area (Å²) in [4.78, 5) is 12.6. The van der Waals surface area contributed by atoms with E-state index in [0.29, 0.717) is 5.69 Å². The van der Waals surface area contributed by atoms with Gasteiger partial charge in [-0.05, 0) is 19.1 Å². The minimum Gasteiger partial charge on any atom is -0.382 e. The molecule has 0 atom stereocenters. The second-order valence-electron chi connectivity index (χ2n) is 4.98. The van der Waals surface area contributed by atoms with Crippen molar-refractivity contribution in [2.24, 2.45) is 17.3 Å². The van der Waals surface area contributed by atoms with Gasteiger partial charge in [0.2, 0.25) is 0 Å². The summed E-state index contributed by atoms with van der Waals surface area (Å²) in [5.74, 6) is 0.325. The summed E-state index contributed by atoms with van der Waals surface area (Å²) in [6, 6.07) is 9.29. The molecule has 23 heavy (non-hydrogen) atoms. The smallest absolute Gasteiger partial charge is 0.299 e. The van der Waals surface area contributed by atoms with Crippen LogP contribution in [0.15, 0.2) is 45.4 Å². The zero-order valence-corrected chi connectivity index (χ0v) is 12.7. The number of azo groups is 1. The number of nitrogen functional groups attached to an aromatic ring is 2. The maximum absolute atomic E-state index is 12.6. The zero-order valence-electron chi connectivity index (χ0n) is 12.7. The van der Waals surface area contributed by atoms with Gasteiger partial charge in [0.25, 0.3) is 5.56 Å². The van der Waals surface area contributed by atoms with Crippen molar-refractivity contribution < 1.29 is 0 Å². The van der Waals surface area contributed by atoms with Crippen LogP contribution in [0.5, 0.6) is 0 Å². The molecule has 0 amide bonds. The maximum Gasteiger partial charge on any atom is 0.299 e. The van der Waals surface area contributed by atoms with E-state index in [1.165, 1.54) is 4.68 Å². The van der Waals surface area contributed by atoms with Crippen LogP contribution in [0.4, 0.5) is 23.0 Å². The van der Waals surface area contributed by atoms with Gasteiger partial charge in [0.1, 0.15) is 5.82 Å². The summed E-state index contributed by atoms with van der Waals surface area (Å²) in [5, 5.41) is 14.2. The third-order valence-corrected chi connectivity index (χ3v) is 3.57. The van der Waals surface area contributed by atoms with Gasteiger partial charge in [-0.3, -0.25) is 14.6 Å². The normalized spacial score (nSPS) is 11.4. The first-order valence-electron chi connectivity index (χ1n) is 6.85.